The predicted octanol–water partition coefficient (Wildman–Crippen LogP) is -0.0270. The zero-order valence-electron chi connectivity index (χ0n) is 8.44. The van der Waals surface area contributed by atoms with E-state index < -0.39 is 0 Å². The number of nitrogens with one attached hydrogen (secondary N) is 1. The van der Waals surface area contributed by atoms with Gasteiger partial charge in [-0.1, -0.05) is 0 Å². The number of nitrogens with zero attached hydrogens (tertiary/aromatic N) is 2. The first-order valence-corrected chi connectivity index (χ1v) is 5.27. The number of hydrogen-bond acceptors (Lipinski definition) is 3. The first-order valence-electron chi connectivity index (χ1n) is 5.27. The molecule has 5 heteroatoms. The molecule has 3 fully saturated rings. The third kappa shape index (κ3) is 1.07. The Kier molecular flexibility index (Phi) is 1.68. The van der Waals surface area contributed by atoms with Crippen molar-refractivity contribution in [1.29, 1.82) is 0 Å². The number of carbonyl (C=O) groups excluding carboxylic acids is 1. The number of aromatic nitrogens is 2. The summed E-state index contributed by atoms with van der Waals surface area (Å²) in [6.07, 6.45) is 3.75. The fraction of sp³-hybridized carbons (Fsp3) is 0.600. The molecule has 15 heavy (non-hydrogen) atoms. The lowest BCUT2D eigenvalue weighted by Crippen LogP contribution is -2.53. The van der Waals surface area contributed by atoms with E-state index in [1.54, 1.807) is 12.3 Å². The number of carbonyl (C=O) groups is 1. The zero-order chi connectivity index (χ0) is 10.5. The van der Waals surface area contributed by atoms with Gasteiger partial charge in [0.2, 0.25) is 0 Å². The van der Waals surface area contributed by atoms with Gasteiger partial charge in [-0.3, -0.25) is 9.89 Å². The molecule has 0 unspecified atom stereocenters. The number of rotatable bonds is 2. The van der Waals surface area contributed by atoms with Gasteiger partial charge >= 0.3 is 0 Å². The van der Waals surface area contributed by atoms with Gasteiger partial charge in [0, 0.05) is 19.3 Å². The molecule has 2 aliphatic heterocycles. The number of nitrogens with two attached hydrogens (primary N) is 1. The maximum atomic E-state index is 12.1. The average molecular weight is 206 g/mol. The monoisotopic (exact) mass is 206 g/mol. The molecular formula is C10H14N4O. The lowest BCUT2D eigenvalue weighted by atomic mass is 9.73. The van der Waals surface area contributed by atoms with Crippen LogP contribution in [-0.4, -0.2) is 39.6 Å². The minimum absolute atomic E-state index is 0.0398. The number of amides is 1. The Bertz CT molecular complexity index is 380. The Balaban J connectivity index is 1.87. The maximum absolute atomic E-state index is 12.1. The summed E-state index contributed by atoms with van der Waals surface area (Å²) in [5.41, 5.74) is 6.28. The van der Waals surface area contributed by atoms with Crippen LogP contribution < -0.4 is 5.73 Å². The Hall–Kier alpha value is -1.36. The van der Waals surface area contributed by atoms with Crippen LogP contribution in [0, 0.1) is 5.92 Å². The van der Waals surface area contributed by atoms with Crippen LogP contribution in [0.25, 0.3) is 0 Å². The van der Waals surface area contributed by atoms with Gasteiger partial charge in [0.05, 0.1) is 5.54 Å². The summed E-state index contributed by atoms with van der Waals surface area (Å²) in [7, 11) is 0. The summed E-state index contributed by atoms with van der Waals surface area (Å²) in [6, 6.07) is 1.71. The molecule has 1 amide bonds. The van der Waals surface area contributed by atoms with Crippen LogP contribution in [0.2, 0.25) is 0 Å². The van der Waals surface area contributed by atoms with Crippen LogP contribution in [-0.2, 0) is 0 Å². The molecule has 0 atom stereocenters. The molecule has 2 bridgehead atoms. The van der Waals surface area contributed by atoms with Crippen molar-refractivity contribution in [2.45, 2.75) is 18.4 Å². The third-order valence-corrected chi connectivity index (χ3v) is 3.71. The minimum Gasteiger partial charge on any atom is -0.330 e. The van der Waals surface area contributed by atoms with Crippen molar-refractivity contribution in [2.75, 3.05) is 13.1 Å². The number of fused-ring (bicyclic) bond motifs is 1. The molecular weight excluding hydrogens is 192 g/mol. The third-order valence-electron chi connectivity index (χ3n) is 3.71. The molecule has 0 aromatic carbocycles. The van der Waals surface area contributed by atoms with Crippen molar-refractivity contribution < 1.29 is 4.79 Å². The first kappa shape index (κ1) is 8.91. The number of aromatic amines is 1. The lowest BCUT2D eigenvalue weighted by molar-refractivity contribution is 0.0579. The van der Waals surface area contributed by atoms with Crippen molar-refractivity contribution in [1.82, 2.24) is 15.1 Å². The summed E-state index contributed by atoms with van der Waals surface area (Å²) in [5, 5.41) is 6.51. The van der Waals surface area contributed by atoms with Crippen LogP contribution in [0.4, 0.5) is 0 Å². The molecule has 1 aromatic heterocycles. The van der Waals surface area contributed by atoms with Crippen molar-refractivity contribution >= 4 is 5.91 Å². The lowest BCUT2D eigenvalue weighted by Gasteiger charge is -2.40. The quantitative estimate of drug-likeness (QED) is 0.713. The molecule has 0 spiro atoms. The molecule has 5 nitrogen and oxygen atoms in total. The van der Waals surface area contributed by atoms with Crippen LogP contribution >= 0.6 is 0 Å². The van der Waals surface area contributed by atoms with Gasteiger partial charge in [0.25, 0.3) is 5.91 Å². The fourth-order valence-electron chi connectivity index (χ4n) is 2.91. The van der Waals surface area contributed by atoms with E-state index in [1.165, 1.54) is 0 Å². The Morgan fingerprint density at radius 1 is 1.73 bits per heavy atom. The predicted molar refractivity (Wildman–Crippen MR) is 54.1 cm³/mol. The highest BCUT2D eigenvalue weighted by atomic mass is 16.2. The highest BCUT2D eigenvalue weighted by Crippen LogP contribution is 2.50. The first-order chi connectivity index (χ1) is 7.25. The molecule has 0 radical (unpaired) electrons. The molecule has 2 saturated heterocycles. The molecule has 3 heterocycles. The van der Waals surface area contributed by atoms with Gasteiger partial charge in [0.15, 0.2) is 0 Å². The van der Waals surface area contributed by atoms with Crippen LogP contribution in [0.5, 0.6) is 0 Å². The van der Waals surface area contributed by atoms with E-state index in [-0.39, 0.29) is 11.4 Å². The van der Waals surface area contributed by atoms with Crippen LogP contribution in [0.15, 0.2) is 12.3 Å². The van der Waals surface area contributed by atoms with E-state index in [0.717, 1.165) is 19.4 Å². The van der Waals surface area contributed by atoms with Crippen molar-refractivity contribution in [2.24, 2.45) is 11.7 Å². The summed E-state index contributed by atoms with van der Waals surface area (Å²) in [6.45, 7) is 1.43. The smallest absolute Gasteiger partial charge is 0.272 e. The maximum Gasteiger partial charge on any atom is 0.272 e. The van der Waals surface area contributed by atoms with E-state index >= 15 is 0 Å². The fourth-order valence-corrected chi connectivity index (χ4v) is 2.91. The summed E-state index contributed by atoms with van der Waals surface area (Å²) < 4.78 is 0. The van der Waals surface area contributed by atoms with Crippen LogP contribution in [0.3, 0.4) is 0 Å². The zero-order valence-corrected chi connectivity index (χ0v) is 8.44. The summed E-state index contributed by atoms with van der Waals surface area (Å²) in [4.78, 5) is 14.0. The summed E-state index contributed by atoms with van der Waals surface area (Å²) in [5.74, 6) is 0.707. The van der Waals surface area contributed by atoms with E-state index in [2.05, 4.69) is 10.2 Å². The highest BCUT2D eigenvalue weighted by Gasteiger charge is 2.56. The van der Waals surface area contributed by atoms with Crippen molar-refractivity contribution in [3.8, 4) is 0 Å². The van der Waals surface area contributed by atoms with Gasteiger partial charge in [0.1, 0.15) is 5.69 Å². The highest BCUT2D eigenvalue weighted by molar-refractivity contribution is 5.93. The van der Waals surface area contributed by atoms with Gasteiger partial charge in [-0.05, 0) is 24.8 Å². The minimum atomic E-state index is -0.0488. The second-order valence-corrected chi connectivity index (χ2v) is 4.59. The van der Waals surface area contributed by atoms with Crippen molar-refractivity contribution in [3.63, 3.8) is 0 Å². The standard InChI is InChI=1S/C10H14N4O/c11-6-10-3-7(4-10)5-14(10)9(15)8-1-2-12-13-8/h1-2,7H,3-6,11H2,(H,12,13). The Morgan fingerprint density at radius 3 is 3.13 bits per heavy atom. The van der Waals surface area contributed by atoms with E-state index in [4.69, 9.17) is 5.73 Å². The van der Waals surface area contributed by atoms with Gasteiger partial charge < -0.3 is 10.6 Å². The van der Waals surface area contributed by atoms with Gasteiger partial charge in [-0.15, -0.1) is 0 Å². The molecule has 80 valence electrons. The molecule has 1 aromatic rings. The summed E-state index contributed by atoms with van der Waals surface area (Å²) >= 11 is 0. The topological polar surface area (TPSA) is 75.0 Å². The van der Waals surface area contributed by atoms with E-state index in [1.807, 2.05) is 4.90 Å². The molecule has 3 N–H and O–H groups in total. The van der Waals surface area contributed by atoms with E-state index in [9.17, 15) is 4.79 Å². The molecule has 1 saturated carbocycles. The molecule has 4 rings (SSSR count). The molecule has 3 aliphatic rings. The largest absolute Gasteiger partial charge is 0.330 e. The Morgan fingerprint density at radius 2 is 2.53 bits per heavy atom. The van der Waals surface area contributed by atoms with Gasteiger partial charge in [-0.2, -0.15) is 5.10 Å². The second kappa shape index (κ2) is 2.82. The SMILES string of the molecule is NCC12CC(CN1C(=O)c1ccn[nH]1)C2. The average Bonchev–Trinajstić information content (AvgIpc) is 2.89. The van der Waals surface area contributed by atoms with Crippen LogP contribution in [0.1, 0.15) is 23.3 Å². The second-order valence-electron chi connectivity index (χ2n) is 4.59. The van der Waals surface area contributed by atoms with E-state index in [0.29, 0.717) is 18.2 Å². The Labute approximate surface area is 87.6 Å². The normalized spacial score (nSPS) is 32.9. The number of hydrogen-bond donors (Lipinski definition) is 2. The van der Waals surface area contributed by atoms with Gasteiger partial charge in [-0.25, -0.2) is 0 Å². The number of H-pyrrole nitrogens is 1. The molecule has 1 aliphatic carbocycles. The van der Waals surface area contributed by atoms with Crippen molar-refractivity contribution in [3.05, 3.63) is 18.0 Å².